The lowest BCUT2D eigenvalue weighted by atomic mass is 10.8. The Hall–Kier alpha value is -0.880. The highest BCUT2D eigenvalue weighted by Crippen LogP contribution is 2.02. The molecular weight excluding hydrogens is 156 g/mol. The van der Waals surface area contributed by atoms with Crippen molar-refractivity contribution < 1.29 is 13.0 Å². The Kier molecular flexibility index (Phi) is 1.49. The van der Waals surface area contributed by atoms with E-state index in [1.165, 1.54) is 0 Å². The Morgan fingerprint density at radius 3 is 2.50 bits per heavy atom. The Bertz CT molecular complexity index is 326. The minimum Gasteiger partial charge on any atom is -0.331 e. The lowest BCUT2D eigenvalue weighted by Gasteiger charge is -1.86. The largest absolute Gasteiger partial charge is 0.331 e. The van der Waals surface area contributed by atoms with Crippen molar-refractivity contribution in [3.8, 4) is 0 Å². The summed E-state index contributed by atoms with van der Waals surface area (Å²) in [5.41, 5.74) is 0. The molecule has 0 spiro atoms. The summed E-state index contributed by atoms with van der Waals surface area (Å²) in [4.78, 5) is 5.96. The molecule has 1 aromatic rings. The van der Waals surface area contributed by atoms with Gasteiger partial charge in [0.1, 0.15) is 5.82 Å². The zero-order valence-corrected chi connectivity index (χ0v) is 6.01. The number of H-pyrrole nitrogens is 1. The van der Waals surface area contributed by atoms with Gasteiger partial charge in [0.25, 0.3) is 0 Å². The minimum atomic E-state index is -4.10. The number of imidazole rings is 1. The van der Waals surface area contributed by atoms with Crippen LogP contribution in [0.3, 0.4) is 0 Å². The third-order valence-electron chi connectivity index (χ3n) is 0.957. The third-order valence-corrected chi connectivity index (χ3v) is 1.72. The maximum absolute atomic E-state index is 10.3. The van der Waals surface area contributed by atoms with E-state index >= 15 is 0 Å². The van der Waals surface area contributed by atoms with Gasteiger partial charge in [-0.15, -0.1) is 0 Å². The topological polar surface area (TPSA) is 83.1 Å². The molecule has 5 nitrogen and oxygen atoms in total. The first-order valence-electron chi connectivity index (χ1n) is 2.49. The van der Waals surface area contributed by atoms with Crippen molar-refractivity contribution in [1.82, 2.24) is 9.97 Å². The molecule has 0 unspecified atom stereocenters. The quantitative estimate of drug-likeness (QED) is 0.568. The summed E-state index contributed by atoms with van der Waals surface area (Å²) in [5.74, 6) is 0.452. The molecule has 6 heteroatoms. The molecule has 0 amide bonds. The van der Waals surface area contributed by atoms with Crippen LogP contribution in [0.25, 0.3) is 0 Å². The molecular formula is C4H6N2O3S. The van der Waals surface area contributed by atoms with Crippen LogP contribution in [-0.4, -0.2) is 22.9 Å². The van der Waals surface area contributed by atoms with Crippen LogP contribution in [0.1, 0.15) is 5.82 Å². The van der Waals surface area contributed by atoms with E-state index in [9.17, 15) is 8.42 Å². The van der Waals surface area contributed by atoms with Gasteiger partial charge in [0.05, 0.1) is 6.20 Å². The minimum absolute atomic E-state index is 0.273. The van der Waals surface area contributed by atoms with E-state index in [4.69, 9.17) is 4.55 Å². The van der Waals surface area contributed by atoms with E-state index in [0.717, 1.165) is 6.20 Å². The van der Waals surface area contributed by atoms with Gasteiger partial charge >= 0.3 is 10.1 Å². The summed E-state index contributed by atoms with van der Waals surface area (Å²) in [7, 11) is -4.10. The second-order valence-electron chi connectivity index (χ2n) is 1.81. The second-order valence-corrected chi connectivity index (χ2v) is 3.20. The zero-order chi connectivity index (χ0) is 7.78. The molecule has 0 fully saturated rings. The van der Waals surface area contributed by atoms with Crippen LogP contribution in [0, 0.1) is 6.92 Å². The average Bonchev–Trinajstić information content (AvgIpc) is 2.11. The molecule has 56 valence electrons. The molecule has 2 N–H and O–H groups in total. The van der Waals surface area contributed by atoms with Crippen molar-refractivity contribution in [2.45, 2.75) is 11.9 Å². The van der Waals surface area contributed by atoms with E-state index in [1.54, 1.807) is 6.92 Å². The molecule has 0 atom stereocenters. The van der Waals surface area contributed by atoms with Gasteiger partial charge < -0.3 is 4.98 Å². The van der Waals surface area contributed by atoms with Crippen LogP contribution in [0.5, 0.6) is 0 Å². The van der Waals surface area contributed by atoms with Crippen molar-refractivity contribution in [3.05, 3.63) is 12.0 Å². The highest BCUT2D eigenvalue weighted by molar-refractivity contribution is 7.85. The number of rotatable bonds is 1. The average molecular weight is 162 g/mol. The number of aromatic amines is 1. The fourth-order valence-electron chi connectivity index (χ4n) is 0.529. The highest BCUT2D eigenvalue weighted by Gasteiger charge is 2.10. The Morgan fingerprint density at radius 1 is 1.70 bits per heavy atom. The van der Waals surface area contributed by atoms with Gasteiger partial charge in [-0.25, -0.2) is 4.98 Å². The van der Waals surface area contributed by atoms with E-state index in [1.807, 2.05) is 0 Å². The van der Waals surface area contributed by atoms with Crippen LogP contribution < -0.4 is 0 Å². The van der Waals surface area contributed by atoms with Gasteiger partial charge in [-0.1, -0.05) is 0 Å². The van der Waals surface area contributed by atoms with Crippen molar-refractivity contribution >= 4 is 10.1 Å². The first-order chi connectivity index (χ1) is 4.50. The molecule has 1 rings (SSSR count). The summed E-state index contributed by atoms with van der Waals surface area (Å²) in [5, 5.41) is -0.273. The number of nitrogens with one attached hydrogen (secondary N) is 1. The first kappa shape index (κ1) is 7.23. The van der Waals surface area contributed by atoms with Gasteiger partial charge in [-0.05, 0) is 6.92 Å². The molecule has 0 radical (unpaired) electrons. The van der Waals surface area contributed by atoms with Gasteiger partial charge in [0.15, 0.2) is 5.03 Å². The van der Waals surface area contributed by atoms with Crippen LogP contribution in [0.2, 0.25) is 0 Å². The molecule has 0 bridgehead atoms. The number of nitrogens with zero attached hydrogens (tertiary/aromatic N) is 1. The second kappa shape index (κ2) is 2.06. The van der Waals surface area contributed by atoms with Gasteiger partial charge in [-0.2, -0.15) is 8.42 Å². The number of hydrogen-bond donors (Lipinski definition) is 2. The standard InChI is InChI=1S/C4H6N2O3S/c1-3-5-2-4(6-3)10(7,8)9/h2H,1H3,(H,5,6)(H,7,8,9). The van der Waals surface area contributed by atoms with Crippen molar-refractivity contribution in [2.75, 3.05) is 0 Å². The van der Waals surface area contributed by atoms with Crippen molar-refractivity contribution in [2.24, 2.45) is 0 Å². The molecule has 10 heavy (non-hydrogen) atoms. The number of aromatic nitrogens is 2. The molecule has 0 aliphatic carbocycles. The van der Waals surface area contributed by atoms with Crippen LogP contribution in [0.15, 0.2) is 11.2 Å². The summed E-state index contributed by atoms with van der Waals surface area (Å²) >= 11 is 0. The fraction of sp³-hybridized carbons (Fsp3) is 0.250. The SMILES string of the molecule is Cc1ncc(S(=O)(=O)O)[nH]1. The third kappa shape index (κ3) is 1.34. The first-order valence-corrected chi connectivity index (χ1v) is 3.93. The maximum Gasteiger partial charge on any atom is 0.311 e. The van der Waals surface area contributed by atoms with E-state index in [0.29, 0.717) is 5.82 Å². The lowest BCUT2D eigenvalue weighted by Crippen LogP contribution is -1.97. The zero-order valence-electron chi connectivity index (χ0n) is 5.20. The van der Waals surface area contributed by atoms with E-state index in [-0.39, 0.29) is 5.03 Å². The molecule has 1 heterocycles. The molecule has 0 aliphatic heterocycles. The number of aryl methyl sites for hydroxylation is 1. The van der Waals surface area contributed by atoms with Crippen LogP contribution in [-0.2, 0) is 10.1 Å². The lowest BCUT2D eigenvalue weighted by molar-refractivity contribution is 0.479. The Morgan fingerprint density at radius 2 is 2.30 bits per heavy atom. The van der Waals surface area contributed by atoms with Crippen molar-refractivity contribution in [3.63, 3.8) is 0 Å². The predicted octanol–water partition coefficient (Wildman–Crippen LogP) is -0.0352. The fourth-order valence-corrected chi connectivity index (χ4v) is 0.992. The summed E-state index contributed by atoms with van der Waals surface area (Å²) < 4.78 is 29.1. The molecule has 0 aliphatic rings. The van der Waals surface area contributed by atoms with Crippen LogP contribution >= 0.6 is 0 Å². The van der Waals surface area contributed by atoms with Crippen molar-refractivity contribution in [1.29, 1.82) is 0 Å². The molecule has 0 saturated heterocycles. The predicted molar refractivity (Wildman–Crippen MR) is 33.1 cm³/mol. The van der Waals surface area contributed by atoms with Gasteiger partial charge in [0.2, 0.25) is 0 Å². The summed E-state index contributed by atoms with van der Waals surface area (Å²) in [6, 6.07) is 0. The summed E-state index contributed by atoms with van der Waals surface area (Å²) in [6.07, 6.45) is 1.06. The molecule has 0 aromatic carbocycles. The van der Waals surface area contributed by atoms with Crippen LogP contribution in [0.4, 0.5) is 0 Å². The van der Waals surface area contributed by atoms with E-state index in [2.05, 4.69) is 9.97 Å². The summed E-state index contributed by atoms with van der Waals surface area (Å²) in [6.45, 7) is 1.59. The highest BCUT2D eigenvalue weighted by atomic mass is 32.2. The Labute approximate surface area is 57.9 Å². The van der Waals surface area contributed by atoms with Gasteiger partial charge in [-0.3, -0.25) is 4.55 Å². The maximum atomic E-state index is 10.3. The normalized spacial score (nSPS) is 11.8. The molecule has 1 aromatic heterocycles. The monoisotopic (exact) mass is 162 g/mol. The van der Waals surface area contributed by atoms with E-state index < -0.39 is 10.1 Å². The molecule has 0 saturated carbocycles. The smallest absolute Gasteiger partial charge is 0.311 e. The van der Waals surface area contributed by atoms with Gasteiger partial charge in [0, 0.05) is 0 Å². The number of hydrogen-bond acceptors (Lipinski definition) is 3. The Balaban J connectivity index is 3.21.